The summed E-state index contributed by atoms with van der Waals surface area (Å²) >= 11 is 0. The highest BCUT2D eigenvalue weighted by molar-refractivity contribution is 7.85. The third kappa shape index (κ3) is 4.80. The Hall–Kier alpha value is -7.06. The average Bonchev–Trinajstić information content (AvgIpc) is 3.68. The highest BCUT2D eigenvalue weighted by Crippen LogP contribution is 2.44. The van der Waals surface area contributed by atoms with Gasteiger partial charge < -0.3 is 4.57 Å². The number of aromatic nitrogens is 2. The Morgan fingerprint density at radius 2 is 0.947 bits per heavy atom. The Kier molecular flexibility index (Phi) is 6.90. The van der Waals surface area contributed by atoms with Gasteiger partial charge in [-0.15, -0.1) is 0 Å². The van der Waals surface area contributed by atoms with Gasteiger partial charge >= 0.3 is 0 Å². The molecule has 57 heavy (non-hydrogen) atoms. The first-order valence-corrected chi connectivity index (χ1v) is 21.1. The SMILES string of the molecule is O=P(c1ccccc1)(c1ccc2ccccc2c1)c1ccc2c(ccc3cc(-c4ccc5c6c7ccccc7ccc6c6nc7ccccc7n6c5c4)ccc32)c1. The Morgan fingerprint density at radius 3 is 1.79 bits per heavy atom. The molecule has 0 aliphatic rings. The largest absolute Gasteiger partial charge is 0.309 e. The normalized spacial score (nSPS) is 13.1. The molecule has 0 aliphatic carbocycles. The molecule has 12 aromatic rings. The summed E-state index contributed by atoms with van der Waals surface area (Å²) in [5, 5.41) is 15.3. The fourth-order valence-corrected chi connectivity index (χ4v) is 11.9. The molecule has 2 aromatic heterocycles. The van der Waals surface area contributed by atoms with Crippen molar-refractivity contribution < 1.29 is 4.57 Å². The highest BCUT2D eigenvalue weighted by atomic mass is 31.2. The van der Waals surface area contributed by atoms with Gasteiger partial charge in [0.1, 0.15) is 5.65 Å². The number of hydrogen-bond donors (Lipinski definition) is 0. The van der Waals surface area contributed by atoms with E-state index in [0.717, 1.165) is 81.6 Å². The van der Waals surface area contributed by atoms with E-state index in [9.17, 15) is 0 Å². The molecule has 0 radical (unpaired) electrons. The molecule has 10 aromatic carbocycles. The van der Waals surface area contributed by atoms with Crippen LogP contribution in [-0.2, 0) is 4.57 Å². The van der Waals surface area contributed by atoms with E-state index in [-0.39, 0.29) is 0 Å². The predicted octanol–water partition coefficient (Wildman–Crippen LogP) is 12.7. The quantitative estimate of drug-likeness (QED) is 0.133. The van der Waals surface area contributed by atoms with E-state index in [4.69, 9.17) is 4.98 Å². The Balaban J connectivity index is 1.02. The molecule has 4 heteroatoms. The van der Waals surface area contributed by atoms with Gasteiger partial charge in [-0.2, -0.15) is 0 Å². The molecule has 12 rings (SSSR count). The maximum absolute atomic E-state index is 15.5. The lowest BCUT2D eigenvalue weighted by Crippen LogP contribution is -2.25. The number of rotatable bonds is 4. The van der Waals surface area contributed by atoms with Gasteiger partial charge in [0.15, 0.2) is 7.14 Å². The molecule has 2 heterocycles. The monoisotopic (exact) mass is 744 g/mol. The van der Waals surface area contributed by atoms with Crippen molar-refractivity contribution in [2.45, 2.75) is 0 Å². The van der Waals surface area contributed by atoms with Crippen LogP contribution in [0.3, 0.4) is 0 Å². The van der Waals surface area contributed by atoms with Crippen LogP contribution in [0.2, 0.25) is 0 Å². The molecule has 1 unspecified atom stereocenters. The van der Waals surface area contributed by atoms with Gasteiger partial charge in [-0.25, -0.2) is 4.98 Å². The first-order chi connectivity index (χ1) is 28.1. The van der Waals surface area contributed by atoms with Crippen LogP contribution in [0, 0.1) is 0 Å². The van der Waals surface area contributed by atoms with Crippen molar-refractivity contribution in [3.63, 3.8) is 0 Å². The zero-order valence-electron chi connectivity index (χ0n) is 30.8. The van der Waals surface area contributed by atoms with Crippen molar-refractivity contribution in [1.29, 1.82) is 0 Å². The number of fused-ring (bicyclic) bond motifs is 14. The second-order valence-electron chi connectivity index (χ2n) is 15.1. The molecule has 0 amide bonds. The minimum atomic E-state index is -3.18. The molecular formula is C53H33N2OP. The molecule has 1 atom stereocenters. The number of nitrogens with zero attached hydrogens (tertiary/aromatic N) is 2. The second kappa shape index (κ2) is 12.2. The van der Waals surface area contributed by atoms with Crippen molar-refractivity contribution in [2.24, 2.45) is 0 Å². The summed E-state index contributed by atoms with van der Waals surface area (Å²) in [5.74, 6) is 0. The van der Waals surface area contributed by atoms with Crippen LogP contribution < -0.4 is 15.9 Å². The lowest BCUT2D eigenvalue weighted by molar-refractivity contribution is 0.592. The summed E-state index contributed by atoms with van der Waals surface area (Å²) in [6.07, 6.45) is 0. The molecule has 0 saturated carbocycles. The van der Waals surface area contributed by atoms with E-state index in [1.165, 1.54) is 26.9 Å². The van der Waals surface area contributed by atoms with Crippen LogP contribution in [0.4, 0.5) is 0 Å². The van der Waals surface area contributed by atoms with Gasteiger partial charge in [0, 0.05) is 32.1 Å². The standard InChI is InChI=1S/C53H33N2OP/c56-57(41-13-2-1-3-14-41,42-24-20-34-10-4-5-12-36(34)31-42)43-25-29-45-40(32-43)19-18-39-30-37(22-26-44(39)45)38-23-27-47-51(33-38)55-50-17-9-8-16-49(50)54-53(55)48-28-21-35-11-6-7-15-46(35)52(47)48/h1-33H. The molecule has 0 bridgehead atoms. The zero-order valence-corrected chi connectivity index (χ0v) is 31.7. The van der Waals surface area contributed by atoms with Gasteiger partial charge in [-0.1, -0.05) is 158 Å². The van der Waals surface area contributed by atoms with Crippen LogP contribution in [-0.4, -0.2) is 9.38 Å². The topological polar surface area (TPSA) is 34.4 Å². The summed E-state index contributed by atoms with van der Waals surface area (Å²) in [4.78, 5) is 5.19. The van der Waals surface area contributed by atoms with Gasteiger partial charge in [0.25, 0.3) is 0 Å². The van der Waals surface area contributed by atoms with Crippen molar-refractivity contribution in [3.8, 4) is 11.1 Å². The predicted molar refractivity (Wildman–Crippen MR) is 243 cm³/mol. The minimum absolute atomic E-state index is 0.835. The molecule has 0 N–H and O–H groups in total. The Bertz CT molecular complexity index is 3680. The second-order valence-corrected chi connectivity index (χ2v) is 17.9. The molecule has 0 aliphatic heterocycles. The van der Waals surface area contributed by atoms with E-state index in [2.05, 4.69) is 156 Å². The summed E-state index contributed by atoms with van der Waals surface area (Å²) in [6.45, 7) is 0. The zero-order chi connectivity index (χ0) is 37.7. The lowest BCUT2D eigenvalue weighted by Gasteiger charge is -2.21. The van der Waals surface area contributed by atoms with Crippen LogP contribution in [0.15, 0.2) is 200 Å². The van der Waals surface area contributed by atoms with Crippen molar-refractivity contribution in [2.75, 3.05) is 0 Å². The molecule has 0 saturated heterocycles. The minimum Gasteiger partial charge on any atom is -0.309 e. The highest BCUT2D eigenvalue weighted by Gasteiger charge is 2.30. The average molecular weight is 745 g/mol. The first kappa shape index (κ1) is 32.2. The third-order valence-electron chi connectivity index (χ3n) is 12.0. The summed E-state index contributed by atoms with van der Waals surface area (Å²) in [5.41, 5.74) is 6.51. The maximum atomic E-state index is 15.5. The molecular weight excluding hydrogens is 712 g/mol. The number of pyridine rings is 1. The lowest BCUT2D eigenvalue weighted by atomic mass is 9.95. The van der Waals surface area contributed by atoms with Crippen molar-refractivity contribution >= 4 is 105 Å². The van der Waals surface area contributed by atoms with Gasteiger partial charge in [-0.05, 0) is 96.7 Å². The van der Waals surface area contributed by atoms with Gasteiger partial charge in [0.05, 0.1) is 16.6 Å². The van der Waals surface area contributed by atoms with E-state index >= 15 is 4.57 Å². The van der Waals surface area contributed by atoms with Gasteiger partial charge in [0.2, 0.25) is 0 Å². The van der Waals surface area contributed by atoms with E-state index < -0.39 is 7.14 Å². The Labute approximate surface area is 328 Å². The van der Waals surface area contributed by atoms with Crippen LogP contribution in [0.25, 0.3) is 92.6 Å². The number of para-hydroxylation sites is 2. The molecule has 266 valence electrons. The number of benzene rings is 10. The molecule has 3 nitrogen and oxygen atoms in total. The Morgan fingerprint density at radius 1 is 0.368 bits per heavy atom. The van der Waals surface area contributed by atoms with Crippen LogP contribution >= 0.6 is 7.14 Å². The fourth-order valence-electron chi connectivity index (χ4n) is 9.20. The molecule has 0 spiro atoms. The van der Waals surface area contributed by atoms with Crippen molar-refractivity contribution in [1.82, 2.24) is 9.38 Å². The van der Waals surface area contributed by atoms with E-state index in [1.54, 1.807) is 0 Å². The van der Waals surface area contributed by atoms with Gasteiger partial charge in [-0.3, -0.25) is 4.40 Å². The summed E-state index contributed by atoms with van der Waals surface area (Å²) in [7, 11) is -3.18. The van der Waals surface area contributed by atoms with Crippen LogP contribution in [0.5, 0.6) is 0 Å². The van der Waals surface area contributed by atoms with Crippen molar-refractivity contribution in [3.05, 3.63) is 200 Å². The van der Waals surface area contributed by atoms with E-state index in [0.29, 0.717) is 0 Å². The summed E-state index contributed by atoms with van der Waals surface area (Å²) in [6, 6.07) is 70.4. The maximum Gasteiger partial charge on any atom is 0.171 e. The fraction of sp³-hybridized carbons (Fsp3) is 0. The number of imidazole rings is 1. The smallest absolute Gasteiger partial charge is 0.171 e. The first-order valence-electron chi connectivity index (χ1n) is 19.4. The number of hydrogen-bond acceptors (Lipinski definition) is 2. The third-order valence-corrected chi connectivity index (χ3v) is 15.0. The van der Waals surface area contributed by atoms with E-state index in [1.807, 2.05) is 48.5 Å². The van der Waals surface area contributed by atoms with Crippen LogP contribution in [0.1, 0.15) is 0 Å². The summed E-state index contributed by atoms with van der Waals surface area (Å²) < 4.78 is 17.9. The molecule has 0 fully saturated rings.